The van der Waals surface area contributed by atoms with Crippen LogP contribution in [0, 0.1) is 17.8 Å². The fraction of sp³-hybridized carbons (Fsp3) is 0.750. The minimum Gasteiger partial charge on any atom is -0.481 e. The fourth-order valence-corrected chi connectivity index (χ4v) is 3.55. The van der Waals surface area contributed by atoms with Crippen molar-refractivity contribution >= 4 is 11.9 Å². The summed E-state index contributed by atoms with van der Waals surface area (Å²) in [5, 5.41) is 15.6. The van der Waals surface area contributed by atoms with Crippen LogP contribution in [-0.2, 0) is 9.59 Å². The summed E-state index contributed by atoms with van der Waals surface area (Å²) in [5.74, 6) is -1.13. The van der Waals surface area contributed by atoms with Crippen LogP contribution in [0.3, 0.4) is 0 Å². The van der Waals surface area contributed by atoms with E-state index < -0.39 is 18.1 Å². The molecule has 0 heterocycles. The van der Waals surface area contributed by atoms with Crippen molar-refractivity contribution in [2.75, 3.05) is 0 Å². The standard InChI is InChI=1S/C14H23NO2.C2HF3O2/c15-14-11-8-7-10(9-11)12(14)5-3-1-2-4-6-13(16)17;3-2(4,5)1(6)7/h1,3,10-12,14H,2,4-9,15H2,(H,16,17);(H,6,7)/b3-1-;/t10-,11+,12+,14+;/m1./s1. The van der Waals surface area contributed by atoms with E-state index in [1.807, 2.05) is 0 Å². The predicted molar refractivity (Wildman–Crippen MR) is 81.2 cm³/mol. The van der Waals surface area contributed by atoms with Crippen molar-refractivity contribution in [2.24, 2.45) is 23.5 Å². The highest BCUT2D eigenvalue weighted by Gasteiger charge is 2.44. The maximum Gasteiger partial charge on any atom is 0.490 e. The molecule has 0 aromatic heterocycles. The normalized spacial score (nSPS) is 28.7. The molecule has 2 fully saturated rings. The van der Waals surface area contributed by atoms with Gasteiger partial charge in [-0.25, -0.2) is 4.79 Å². The first kappa shape index (κ1) is 20.5. The number of hydrogen-bond donors (Lipinski definition) is 3. The lowest BCUT2D eigenvalue weighted by Crippen LogP contribution is -2.35. The Kier molecular flexibility index (Phi) is 7.72. The average Bonchev–Trinajstić information content (AvgIpc) is 3.04. The summed E-state index contributed by atoms with van der Waals surface area (Å²) in [6.45, 7) is 0. The molecule has 2 bridgehead atoms. The molecule has 0 unspecified atom stereocenters. The molecule has 5 nitrogen and oxygen atoms in total. The minimum absolute atomic E-state index is 0.276. The summed E-state index contributed by atoms with van der Waals surface area (Å²) < 4.78 is 31.7. The topological polar surface area (TPSA) is 101 Å². The second-order valence-corrected chi connectivity index (χ2v) is 6.37. The van der Waals surface area contributed by atoms with E-state index >= 15 is 0 Å². The molecule has 2 rings (SSSR count). The monoisotopic (exact) mass is 351 g/mol. The fourth-order valence-electron chi connectivity index (χ4n) is 3.55. The number of aliphatic carboxylic acids is 2. The van der Waals surface area contributed by atoms with Gasteiger partial charge in [0.05, 0.1) is 0 Å². The summed E-state index contributed by atoms with van der Waals surface area (Å²) in [5.41, 5.74) is 6.23. The van der Waals surface area contributed by atoms with Gasteiger partial charge < -0.3 is 15.9 Å². The highest BCUT2D eigenvalue weighted by atomic mass is 19.4. The van der Waals surface area contributed by atoms with Gasteiger partial charge in [0, 0.05) is 12.5 Å². The Morgan fingerprint density at radius 1 is 1.12 bits per heavy atom. The molecule has 0 aromatic carbocycles. The number of alkyl halides is 3. The smallest absolute Gasteiger partial charge is 0.481 e. The predicted octanol–water partition coefficient (Wildman–Crippen LogP) is 3.19. The van der Waals surface area contributed by atoms with Crippen LogP contribution >= 0.6 is 0 Å². The maximum atomic E-state index is 10.6. The van der Waals surface area contributed by atoms with Gasteiger partial charge in [0.2, 0.25) is 0 Å². The second-order valence-electron chi connectivity index (χ2n) is 6.37. The molecule has 138 valence electrons. The third-order valence-electron chi connectivity index (χ3n) is 4.74. The second kappa shape index (κ2) is 9.05. The molecule has 0 amide bonds. The van der Waals surface area contributed by atoms with Gasteiger partial charge in [-0.15, -0.1) is 0 Å². The molecular formula is C16H24F3NO4. The third-order valence-corrected chi connectivity index (χ3v) is 4.74. The van der Waals surface area contributed by atoms with Crippen molar-refractivity contribution in [3.8, 4) is 0 Å². The van der Waals surface area contributed by atoms with E-state index in [-0.39, 0.29) is 6.42 Å². The van der Waals surface area contributed by atoms with Crippen LogP contribution in [-0.4, -0.2) is 34.4 Å². The van der Waals surface area contributed by atoms with Crippen LogP contribution in [0.2, 0.25) is 0 Å². The molecule has 4 N–H and O–H groups in total. The first-order valence-electron chi connectivity index (χ1n) is 8.05. The molecule has 24 heavy (non-hydrogen) atoms. The zero-order valence-corrected chi connectivity index (χ0v) is 13.3. The molecule has 0 spiro atoms. The first-order valence-corrected chi connectivity index (χ1v) is 8.05. The van der Waals surface area contributed by atoms with Crippen molar-refractivity contribution in [2.45, 2.75) is 57.2 Å². The Hall–Kier alpha value is -1.57. The molecule has 2 aliphatic carbocycles. The summed E-state index contributed by atoms with van der Waals surface area (Å²) in [6, 6.07) is 0.414. The van der Waals surface area contributed by atoms with Crippen molar-refractivity contribution in [3.63, 3.8) is 0 Å². The van der Waals surface area contributed by atoms with Gasteiger partial charge in [0.1, 0.15) is 0 Å². The van der Waals surface area contributed by atoms with Crippen molar-refractivity contribution in [3.05, 3.63) is 12.2 Å². The van der Waals surface area contributed by atoms with Gasteiger partial charge in [-0.2, -0.15) is 13.2 Å². The Balaban J connectivity index is 0.000000351. The van der Waals surface area contributed by atoms with Crippen LogP contribution in [0.4, 0.5) is 13.2 Å². The number of unbranched alkanes of at least 4 members (excludes halogenated alkanes) is 1. The molecule has 0 aromatic rings. The van der Waals surface area contributed by atoms with Crippen LogP contribution < -0.4 is 5.73 Å². The van der Waals surface area contributed by atoms with Crippen LogP contribution in [0.1, 0.15) is 44.9 Å². The maximum absolute atomic E-state index is 10.6. The van der Waals surface area contributed by atoms with E-state index in [4.69, 9.17) is 20.7 Å². The molecule has 8 heteroatoms. The third kappa shape index (κ3) is 6.51. The van der Waals surface area contributed by atoms with E-state index in [1.54, 1.807) is 0 Å². The molecule has 0 saturated heterocycles. The summed E-state index contributed by atoms with van der Waals surface area (Å²) in [4.78, 5) is 19.2. The number of allylic oxidation sites excluding steroid dienone is 2. The summed E-state index contributed by atoms with van der Waals surface area (Å²) in [7, 11) is 0. The molecule has 2 aliphatic rings. The average molecular weight is 351 g/mol. The zero-order chi connectivity index (χ0) is 18.3. The van der Waals surface area contributed by atoms with Gasteiger partial charge in [0.15, 0.2) is 0 Å². The molecule has 0 aliphatic heterocycles. The molecule has 0 radical (unpaired) electrons. The number of fused-ring (bicyclic) bond motifs is 2. The minimum atomic E-state index is -5.08. The highest BCUT2D eigenvalue weighted by Crippen LogP contribution is 2.48. The zero-order valence-electron chi connectivity index (χ0n) is 13.3. The Morgan fingerprint density at radius 2 is 1.71 bits per heavy atom. The Bertz CT molecular complexity index is 463. The Labute approximate surface area is 138 Å². The van der Waals surface area contributed by atoms with E-state index in [0.717, 1.165) is 31.1 Å². The van der Waals surface area contributed by atoms with Crippen LogP contribution in [0.15, 0.2) is 12.2 Å². The number of nitrogens with two attached hydrogens (primary N) is 1. The van der Waals surface area contributed by atoms with Gasteiger partial charge in [-0.3, -0.25) is 4.79 Å². The highest BCUT2D eigenvalue weighted by molar-refractivity contribution is 5.73. The first-order chi connectivity index (χ1) is 11.1. The van der Waals surface area contributed by atoms with E-state index in [2.05, 4.69) is 12.2 Å². The van der Waals surface area contributed by atoms with Gasteiger partial charge >= 0.3 is 18.1 Å². The van der Waals surface area contributed by atoms with E-state index in [0.29, 0.717) is 12.0 Å². The lowest BCUT2D eigenvalue weighted by molar-refractivity contribution is -0.192. The van der Waals surface area contributed by atoms with Crippen LogP contribution in [0.25, 0.3) is 0 Å². The number of rotatable bonds is 6. The van der Waals surface area contributed by atoms with E-state index in [9.17, 15) is 18.0 Å². The number of halogens is 3. The lowest BCUT2D eigenvalue weighted by Gasteiger charge is -2.27. The summed E-state index contributed by atoms with van der Waals surface area (Å²) in [6.07, 6.45) is 6.30. The largest absolute Gasteiger partial charge is 0.490 e. The quantitative estimate of drug-likeness (QED) is 0.504. The number of carbonyl (C=O) groups is 2. The van der Waals surface area contributed by atoms with Crippen molar-refractivity contribution in [1.82, 2.24) is 0 Å². The van der Waals surface area contributed by atoms with Gasteiger partial charge in [0.25, 0.3) is 0 Å². The van der Waals surface area contributed by atoms with Crippen molar-refractivity contribution in [1.29, 1.82) is 0 Å². The molecule has 2 saturated carbocycles. The molecular weight excluding hydrogens is 327 g/mol. The lowest BCUT2D eigenvalue weighted by atomic mass is 9.83. The number of hydrogen-bond acceptors (Lipinski definition) is 3. The van der Waals surface area contributed by atoms with Crippen LogP contribution in [0.5, 0.6) is 0 Å². The van der Waals surface area contributed by atoms with E-state index in [1.165, 1.54) is 19.3 Å². The van der Waals surface area contributed by atoms with Gasteiger partial charge in [-0.05, 0) is 56.3 Å². The summed E-state index contributed by atoms with van der Waals surface area (Å²) >= 11 is 0. The molecule has 4 atom stereocenters. The SMILES string of the molecule is N[C@H]1[C@H]2CC[C@H](C2)[C@@H]1C/C=C\CCCC(=O)O.O=C(O)C(F)(F)F. The van der Waals surface area contributed by atoms with Crippen molar-refractivity contribution < 1.29 is 33.0 Å². The Morgan fingerprint density at radius 3 is 2.17 bits per heavy atom. The van der Waals surface area contributed by atoms with Gasteiger partial charge in [-0.1, -0.05) is 12.2 Å². The number of carboxylic acid groups (broad SMARTS) is 2. The number of carboxylic acids is 2.